The summed E-state index contributed by atoms with van der Waals surface area (Å²) in [7, 11) is 0. The molecule has 1 heterocycles. The largest absolute Gasteiger partial charge is 0.466 e. The maximum Gasteiger partial charge on any atom is 0.313 e. The van der Waals surface area contributed by atoms with Gasteiger partial charge in [-0.05, 0) is 33.6 Å². The van der Waals surface area contributed by atoms with E-state index >= 15 is 0 Å². The summed E-state index contributed by atoms with van der Waals surface area (Å²) in [5, 5.41) is 14.4. The van der Waals surface area contributed by atoms with Crippen LogP contribution in [0.25, 0.3) is 0 Å². The lowest BCUT2D eigenvalue weighted by atomic mass is 9.95. The molecule has 0 bridgehead atoms. The van der Waals surface area contributed by atoms with Gasteiger partial charge in [0.25, 0.3) is 0 Å². The van der Waals surface area contributed by atoms with Crippen molar-refractivity contribution in [2.24, 2.45) is 0 Å². The number of thioether (sulfide) groups is 1. The number of ether oxygens (including phenoxy) is 1. The lowest BCUT2D eigenvalue weighted by Crippen LogP contribution is -2.40. The third kappa shape index (κ3) is 7.68. The molecule has 1 aromatic rings. The highest BCUT2D eigenvalue weighted by atomic mass is 32.2. The van der Waals surface area contributed by atoms with E-state index in [1.807, 2.05) is 18.4 Å². The average Bonchev–Trinajstić information content (AvgIpc) is 3.07. The van der Waals surface area contributed by atoms with Crippen LogP contribution in [0.15, 0.2) is 5.16 Å². The van der Waals surface area contributed by atoms with E-state index in [0.717, 1.165) is 25.7 Å². The number of carbonyl (C=O) groups is 3. The number of nitrogens with one attached hydrogen (secondary N) is 2. The fraction of sp³-hybridized carbons (Fsp3) is 0.737. The number of hydrogen-bond acceptors (Lipinski definition) is 7. The highest BCUT2D eigenvalue weighted by Crippen LogP contribution is 2.32. The van der Waals surface area contributed by atoms with Crippen LogP contribution < -0.4 is 10.6 Å². The molecule has 0 spiro atoms. The molecule has 2 amide bonds. The molecule has 29 heavy (non-hydrogen) atoms. The zero-order valence-electron chi connectivity index (χ0n) is 17.4. The van der Waals surface area contributed by atoms with Gasteiger partial charge in [0.2, 0.25) is 11.8 Å². The summed E-state index contributed by atoms with van der Waals surface area (Å²) in [5.74, 6) is -0.101. The molecule has 1 saturated carbocycles. The highest BCUT2D eigenvalue weighted by Gasteiger charge is 2.25. The molecule has 2 rings (SSSR count). The molecule has 1 aliphatic rings. The van der Waals surface area contributed by atoms with Crippen molar-refractivity contribution in [2.45, 2.75) is 76.5 Å². The Bertz CT molecular complexity index is 701. The van der Waals surface area contributed by atoms with Crippen molar-refractivity contribution in [1.82, 2.24) is 25.4 Å². The summed E-state index contributed by atoms with van der Waals surface area (Å²) in [6.07, 6.45) is 5.52. The Morgan fingerprint density at radius 2 is 1.90 bits per heavy atom. The second kappa shape index (κ2) is 11.8. The summed E-state index contributed by atoms with van der Waals surface area (Å²) in [6.45, 7) is 5.76. The van der Waals surface area contributed by atoms with Crippen molar-refractivity contribution in [2.75, 3.05) is 18.9 Å². The first-order valence-corrected chi connectivity index (χ1v) is 11.2. The van der Waals surface area contributed by atoms with E-state index in [0.29, 0.717) is 17.6 Å². The number of nitrogens with zero attached hydrogens (tertiary/aromatic N) is 3. The molecule has 1 fully saturated rings. The van der Waals surface area contributed by atoms with E-state index in [9.17, 15) is 14.4 Å². The fourth-order valence-electron chi connectivity index (χ4n) is 3.31. The van der Waals surface area contributed by atoms with Gasteiger partial charge in [0.1, 0.15) is 12.2 Å². The smallest absolute Gasteiger partial charge is 0.313 e. The first kappa shape index (κ1) is 23.2. The lowest BCUT2D eigenvalue weighted by Gasteiger charge is -2.25. The van der Waals surface area contributed by atoms with Gasteiger partial charge in [-0.2, -0.15) is 0 Å². The van der Waals surface area contributed by atoms with Crippen molar-refractivity contribution >= 4 is 29.5 Å². The van der Waals surface area contributed by atoms with Gasteiger partial charge in [-0.15, -0.1) is 10.2 Å². The molecule has 1 aromatic heterocycles. The second-order valence-corrected chi connectivity index (χ2v) is 8.27. The minimum atomic E-state index is -0.331. The number of aromatic nitrogens is 3. The van der Waals surface area contributed by atoms with E-state index in [4.69, 9.17) is 4.74 Å². The van der Waals surface area contributed by atoms with Crippen LogP contribution in [0.5, 0.6) is 0 Å². The lowest BCUT2D eigenvalue weighted by molar-refractivity contribution is -0.142. The van der Waals surface area contributed by atoms with Crippen LogP contribution >= 0.6 is 11.8 Å². The Labute approximate surface area is 175 Å². The van der Waals surface area contributed by atoms with Crippen molar-refractivity contribution in [1.29, 1.82) is 0 Å². The number of rotatable bonds is 10. The van der Waals surface area contributed by atoms with Crippen LogP contribution in [0.1, 0.15) is 64.7 Å². The van der Waals surface area contributed by atoms with E-state index in [-0.39, 0.29) is 48.6 Å². The number of esters is 1. The third-order valence-corrected chi connectivity index (χ3v) is 5.45. The Hall–Kier alpha value is -2.10. The number of hydrogen-bond donors (Lipinski definition) is 2. The number of carbonyl (C=O) groups excluding carboxylic acids is 3. The predicted molar refractivity (Wildman–Crippen MR) is 109 cm³/mol. The highest BCUT2D eigenvalue weighted by molar-refractivity contribution is 7.99. The van der Waals surface area contributed by atoms with Gasteiger partial charge in [-0.25, -0.2) is 0 Å². The SMILES string of the molecule is CCOC(=O)Cc1nnc(SCC(=O)NCC(=O)NC(C)C)n1C1CCCCC1. The maximum atomic E-state index is 12.1. The van der Waals surface area contributed by atoms with Crippen LogP contribution in [0.4, 0.5) is 0 Å². The topological polar surface area (TPSA) is 115 Å². The first-order chi connectivity index (χ1) is 13.9. The third-order valence-electron chi connectivity index (χ3n) is 4.51. The van der Waals surface area contributed by atoms with Gasteiger partial charge in [-0.3, -0.25) is 14.4 Å². The van der Waals surface area contributed by atoms with Crippen molar-refractivity contribution in [3.05, 3.63) is 5.82 Å². The minimum Gasteiger partial charge on any atom is -0.466 e. The second-order valence-electron chi connectivity index (χ2n) is 7.33. The molecule has 9 nitrogen and oxygen atoms in total. The van der Waals surface area contributed by atoms with Gasteiger partial charge in [0, 0.05) is 12.1 Å². The Balaban J connectivity index is 1.99. The number of amides is 2. The first-order valence-electron chi connectivity index (χ1n) is 10.2. The minimum absolute atomic E-state index is 0.0284. The van der Waals surface area contributed by atoms with Crippen LogP contribution in [0.2, 0.25) is 0 Å². The predicted octanol–water partition coefficient (Wildman–Crippen LogP) is 1.62. The molecule has 0 aromatic carbocycles. The Kier molecular flexibility index (Phi) is 9.43. The zero-order chi connectivity index (χ0) is 21.2. The van der Waals surface area contributed by atoms with E-state index in [2.05, 4.69) is 20.8 Å². The van der Waals surface area contributed by atoms with Gasteiger partial charge in [0.15, 0.2) is 5.16 Å². The summed E-state index contributed by atoms with van der Waals surface area (Å²) >= 11 is 1.27. The quantitative estimate of drug-likeness (QED) is 0.432. The van der Waals surface area contributed by atoms with E-state index in [1.54, 1.807) is 6.92 Å². The molecule has 0 atom stereocenters. The summed E-state index contributed by atoms with van der Waals surface area (Å²) in [6, 6.07) is 0.256. The van der Waals surface area contributed by atoms with Crippen molar-refractivity contribution in [3.8, 4) is 0 Å². The van der Waals surface area contributed by atoms with Crippen molar-refractivity contribution in [3.63, 3.8) is 0 Å². The molecular weight excluding hydrogens is 394 g/mol. The van der Waals surface area contributed by atoms with E-state index < -0.39 is 0 Å². The molecule has 10 heteroatoms. The Morgan fingerprint density at radius 3 is 2.55 bits per heavy atom. The van der Waals surface area contributed by atoms with Gasteiger partial charge >= 0.3 is 5.97 Å². The summed E-state index contributed by atoms with van der Waals surface area (Å²) in [5.41, 5.74) is 0. The molecule has 0 unspecified atom stereocenters. The summed E-state index contributed by atoms with van der Waals surface area (Å²) in [4.78, 5) is 35.7. The van der Waals surface area contributed by atoms with Gasteiger partial charge in [0.05, 0.1) is 18.9 Å². The molecule has 0 radical (unpaired) electrons. The molecular formula is C19H31N5O4S. The average molecular weight is 426 g/mol. The Morgan fingerprint density at radius 1 is 1.17 bits per heavy atom. The molecule has 0 aliphatic heterocycles. The van der Waals surface area contributed by atoms with Crippen LogP contribution in [0.3, 0.4) is 0 Å². The molecule has 2 N–H and O–H groups in total. The monoisotopic (exact) mass is 425 g/mol. The van der Waals surface area contributed by atoms with E-state index in [1.165, 1.54) is 18.2 Å². The normalized spacial score (nSPS) is 14.6. The van der Waals surface area contributed by atoms with Gasteiger partial charge in [-0.1, -0.05) is 31.0 Å². The van der Waals surface area contributed by atoms with Gasteiger partial charge < -0.3 is 19.9 Å². The zero-order valence-corrected chi connectivity index (χ0v) is 18.2. The van der Waals surface area contributed by atoms with Crippen LogP contribution in [-0.4, -0.2) is 57.5 Å². The fourth-order valence-corrected chi connectivity index (χ4v) is 4.16. The standard InChI is InChI=1S/C19H31N5O4S/c1-4-28-18(27)10-15-22-23-19(24(15)14-8-6-5-7-9-14)29-12-17(26)20-11-16(25)21-13(2)3/h13-14H,4-12H2,1-3H3,(H,20,26)(H,21,25). The molecule has 0 saturated heterocycles. The molecule has 1 aliphatic carbocycles. The summed E-state index contributed by atoms with van der Waals surface area (Å²) < 4.78 is 7.05. The van der Waals surface area contributed by atoms with Crippen molar-refractivity contribution < 1.29 is 19.1 Å². The maximum absolute atomic E-state index is 12.1. The molecule has 162 valence electrons. The van der Waals surface area contributed by atoms with Crippen LogP contribution in [-0.2, 0) is 25.5 Å². The van der Waals surface area contributed by atoms with Crippen LogP contribution in [0, 0.1) is 0 Å².